The first kappa shape index (κ1) is 20.5. The number of aromatic nitrogens is 3. The van der Waals surface area contributed by atoms with Crippen LogP contribution in [0.1, 0.15) is 21.7 Å². The number of hydrogen-bond acceptors (Lipinski definition) is 5. The minimum atomic E-state index is -5.01. The van der Waals surface area contributed by atoms with Crippen LogP contribution in [-0.4, -0.2) is 34.8 Å². The Bertz CT molecular complexity index is 1190. The van der Waals surface area contributed by atoms with E-state index in [4.69, 9.17) is 0 Å². The maximum absolute atomic E-state index is 13.3. The molecule has 0 saturated carbocycles. The largest absolute Gasteiger partial charge is 0.436 e. The molecule has 0 spiro atoms. The van der Waals surface area contributed by atoms with Gasteiger partial charge in [0.25, 0.3) is 15.9 Å². The monoisotopic (exact) mass is 424 g/mol. The highest BCUT2D eigenvalue weighted by atomic mass is 32.2. The molecule has 0 aliphatic carbocycles. The topological polar surface area (TPSA) is 94.0 Å². The van der Waals surface area contributed by atoms with Crippen LogP contribution in [-0.2, 0) is 16.2 Å². The first-order chi connectivity index (χ1) is 13.5. The Labute approximate surface area is 164 Å². The van der Waals surface area contributed by atoms with Crippen molar-refractivity contribution in [1.29, 1.82) is 0 Å². The molecule has 0 saturated heterocycles. The van der Waals surface area contributed by atoms with Gasteiger partial charge in [0, 0.05) is 11.3 Å². The number of alkyl halides is 3. The van der Waals surface area contributed by atoms with Crippen LogP contribution in [0, 0.1) is 6.92 Å². The van der Waals surface area contributed by atoms with Crippen molar-refractivity contribution in [3.05, 3.63) is 65.6 Å². The molecule has 1 amide bonds. The third-order valence-electron chi connectivity index (χ3n) is 3.89. The lowest BCUT2D eigenvalue weighted by Gasteiger charge is -2.11. The van der Waals surface area contributed by atoms with Gasteiger partial charge in [-0.25, -0.2) is 8.42 Å². The van der Waals surface area contributed by atoms with E-state index in [9.17, 15) is 26.4 Å². The molecule has 2 heterocycles. The van der Waals surface area contributed by atoms with Crippen LogP contribution in [0.25, 0.3) is 11.3 Å². The highest BCUT2D eigenvalue weighted by Gasteiger charge is 2.40. The number of hydrogen-bond donors (Lipinski definition) is 1. The van der Waals surface area contributed by atoms with Crippen molar-refractivity contribution < 1.29 is 26.4 Å². The summed E-state index contributed by atoms with van der Waals surface area (Å²) in [6.45, 7) is 1.78. The van der Waals surface area contributed by atoms with Crippen molar-refractivity contribution in [3.8, 4) is 11.3 Å². The van der Waals surface area contributed by atoms with Gasteiger partial charge in [-0.2, -0.15) is 22.4 Å². The molecule has 152 valence electrons. The van der Waals surface area contributed by atoms with Crippen molar-refractivity contribution >= 4 is 21.6 Å². The normalized spacial score (nSPS) is 12.0. The number of para-hydroxylation sites is 1. The minimum Gasteiger partial charge on any atom is -0.321 e. The number of nitrogens with zero attached hydrogens (tertiary/aromatic N) is 3. The molecular weight excluding hydrogens is 409 g/mol. The van der Waals surface area contributed by atoms with Crippen molar-refractivity contribution in [1.82, 2.24) is 14.2 Å². The number of amides is 1. The van der Waals surface area contributed by atoms with E-state index in [2.05, 4.69) is 15.4 Å². The van der Waals surface area contributed by atoms with E-state index in [1.807, 2.05) is 0 Å². The molecular formula is C18H15F3N4O3S. The van der Waals surface area contributed by atoms with Crippen molar-refractivity contribution in [2.45, 2.75) is 13.1 Å². The van der Waals surface area contributed by atoms with Crippen LogP contribution in [0.15, 0.2) is 48.7 Å². The fraction of sp³-hybridized carbons (Fsp3) is 0.167. The first-order valence-corrected chi connectivity index (χ1v) is 10.0. The van der Waals surface area contributed by atoms with Crippen molar-refractivity contribution in [2.75, 3.05) is 11.6 Å². The third-order valence-corrected chi connectivity index (χ3v) is 4.75. The number of benzene rings is 1. The predicted molar refractivity (Wildman–Crippen MR) is 99.8 cm³/mol. The molecule has 0 aliphatic heterocycles. The molecule has 0 atom stereocenters. The molecule has 0 unspecified atom stereocenters. The van der Waals surface area contributed by atoms with Crippen LogP contribution in [0.5, 0.6) is 0 Å². The van der Waals surface area contributed by atoms with Crippen LogP contribution in [0.2, 0.25) is 0 Å². The molecule has 1 N–H and O–H groups in total. The van der Waals surface area contributed by atoms with E-state index in [0.29, 0.717) is 23.7 Å². The Balaban J connectivity index is 2.04. The number of pyridine rings is 1. The van der Waals surface area contributed by atoms with Gasteiger partial charge in [-0.1, -0.05) is 24.3 Å². The summed E-state index contributed by atoms with van der Waals surface area (Å²) >= 11 is 0. The van der Waals surface area contributed by atoms with Crippen LogP contribution >= 0.6 is 0 Å². The summed E-state index contributed by atoms with van der Waals surface area (Å²) < 4.78 is 63.1. The summed E-state index contributed by atoms with van der Waals surface area (Å²) in [5.74, 6) is -1.15. The van der Waals surface area contributed by atoms with E-state index in [1.165, 1.54) is 6.07 Å². The van der Waals surface area contributed by atoms with Crippen molar-refractivity contribution in [2.24, 2.45) is 0 Å². The Morgan fingerprint density at radius 2 is 1.79 bits per heavy atom. The molecule has 0 bridgehead atoms. The van der Waals surface area contributed by atoms with Gasteiger partial charge in [0.15, 0.2) is 5.69 Å². The van der Waals surface area contributed by atoms with E-state index in [-0.39, 0.29) is 9.77 Å². The molecule has 3 aromatic rings. The van der Waals surface area contributed by atoms with Gasteiger partial charge in [-0.3, -0.25) is 9.78 Å². The zero-order chi connectivity index (χ0) is 21.4. The second-order valence-electron chi connectivity index (χ2n) is 6.19. The molecule has 29 heavy (non-hydrogen) atoms. The van der Waals surface area contributed by atoms with E-state index < -0.39 is 33.4 Å². The smallest absolute Gasteiger partial charge is 0.321 e. The lowest BCUT2D eigenvalue weighted by molar-refractivity contribution is -0.141. The summed E-state index contributed by atoms with van der Waals surface area (Å²) in [5.41, 5.74) is -0.549. The summed E-state index contributed by atoms with van der Waals surface area (Å²) in [7, 11) is -4.11. The summed E-state index contributed by atoms with van der Waals surface area (Å²) in [6.07, 6.45) is -3.79. The fourth-order valence-corrected chi connectivity index (χ4v) is 3.12. The van der Waals surface area contributed by atoms with Gasteiger partial charge >= 0.3 is 6.18 Å². The quantitative estimate of drug-likeness (QED) is 0.693. The molecule has 1 aromatic carbocycles. The average Bonchev–Trinajstić information content (AvgIpc) is 3.08. The molecule has 0 radical (unpaired) electrons. The van der Waals surface area contributed by atoms with Gasteiger partial charge in [0.05, 0.1) is 29.4 Å². The number of nitrogens with one attached hydrogen (secondary N) is 1. The zero-order valence-corrected chi connectivity index (χ0v) is 16.0. The Morgan fingerprint density at radius 1 is 1.10 bits per heavy atom. The molecule has 3 rings (SSSR count). The SMILES string of the molecule is Cc1cccc(-c2ccccc2NC(=O)c2cn(S(C)(=O)=O)nc2C(F)(F)F)n1. The van der Waals surface area contributed by atoms with E-state index in [0.717, 1.165) is 5.69 Å². The highest BCUT2D eigenvalue weighted by Crippen LogP contribution is 2.32. The van der Waals surface area contributed by atoms with Crippen molar-refractivity contribution in [3.63, 3.8) is 0 Å². The molecule has 2 aromatic heterocycles. The third kappa shape index (κ3) is 4.45. The summed E-state index contributed by atoms with van der Waals surface area (Å²) in [6, 6.07) is 11.7. The molecule has 7 nitrogen and oxygen atoms in total. The summed E-state index contributed by atoms with van der Waals surface area (Å²) in [4.78, 5) is 16.9. The number of carbonyl (C=O) groups excluding carboxylic acids is 1. The fourth-order valence-electron chi connectivity index (χ4n) is 2.60. The number of anilines is 1. The predicted octanol–water partition coefficient (Wildman–Crippen LogP) is 3.33. The second-order valence-corrected chi connectivity index (χ2v) is 8.03. The maximum atomic E-state index is 13.3. The lowest BCUT2D eigenvalue weighted by Crippen LogP contribution is -2.18. The number of carbonyl (C=O) groups is 1. The standard InChI is InChI=1S/C18H15F3N4O3S/c1-11-6-5-9-14(22-11)12-7-3-4-8-15(12)23-17(26)13-10-25(29(2,27)28)24-16(13)18(19,20)21/h3-10H,1-2H3,(H,23,26). The highest BCUT2D eigenvalue weighted by molar-refractivity contribution is 7.89. The summed E-state index contributed by atoms with van der Waals surface area (Å²) in [5, 5.41) is 5.43. The minimum absolute atomic E-state index is 0.124. The second kappa shape index (κ2) is 7.32. The van der Waals surface area contributed by atoms with Gasteiger partial charge in [-0.05, 0) is 25.1 Å². The number of aryl methyl sites for hydroxylation is 1. The Morgan fingerprint density at radius 3 is 2.41 bits per heavy atom. The van der Waals surface area contributed by atoms with Crippen LogP contribution < -0.4 is 5.32 Å². The lowest BCUT2D eigenvalue weighted by atomic mass is 10.1. The van der Waals surface area contributed by atoms with Gasteiger partial charge in [-0.15, -0.1) is 0 Å². The zero-order valence-electron chi connectivity index (χ0n) is 15.2. The number of rotatable bonds is 4. The van der Waals surface area contributed by atoms with Gasteiger partial charge in [0.1, 0.15) is 0 Å². The molecule has 0 aliphatic rings. The number of halogens is 3. The van der Waals surface area contributed by atoms with Gasteiger partial charge < -0.3 is 5.32 Å². The van der Waals surface area contributed by atoms with E-state index in [1.54, 1.807) is 43.3 Å². The van der Waals surface area contributed by atoms with E-state index >= 15 is 0 Å². The Hall–Kier alpha value is -3.21. The van der Waals surface area contributed by atoms with Crippen LogP contribution in [0.3, 0.4) is 0 Å². The average molecular weight is 424 g/mol. The Kier molecular flexibility index (Phi) is 5.18. The van der Waals surface area contributed by atoms with Gasteiger partial charge in [0.2, 0.25) is 0 Å². The molecule has 0 fully saturated rings. The first-order valence-electron chi connectivity index (χ1n) is 8.18. The maximum Gasteiger partial charge on any atom is 0.436 e. The van der Waals surface area contributed by atoms with Crippen LogP contribution in [0.4, 0.5) is 18.9 Å². The molecule has 11 heteroatoms.